The molecule has 1 aromatic heterocycles. The second-order valence-corrected chi connectivity index (χ2v) is 7.71. The zero-order chi connectivity index (χ0) is 22.8. The highest BCUT2D eigenvalue weighted by atomic mass is 35.5. The Hall–Kier alpha value is -3.32. The number of benzene rings is 2. The SMILES string of the molecule is CCOc1ccc2cc([C@H]3CC(c4ccc(OC)cc4OC)=NN3C(C)=O)c(Cl)nc2c1. The molecule has 2 heterocycles. The zero-order valence-corrected chi connectivity index (χ0v) is 19.1. The minimum absolute atomic E-state index is 0.180. The Morgan fingerprint density at radius 1 is 1.12 bits per heavy atom. The van der Waals surface area contributed by atoms with Gasteiger partial charge in [0.1, 0.15) is 22.4 Å². The van der Waals surface area contributed by atoms with Gasteiger partial charge in [0.15, 0.2) is 0 Å². The molecule has 2 aromatic carbocycles. The number of hydrogen-bond acceptors (Lipinski definition) is 6. The minimum Gasteiger partial charge on any atom is -0.497 e. The van der Waals surface area contributed by atoms with Crippen molar-refractivity contribution < 1.29 is 19.0 Å². The summed E-state index contributed by atoms with van der Waals surface area (Å²) in [6.45, 7) is 3.99. The Labute approximate surface area is 191 Å². The molecule has 0 unspecified atom stereocenters. The van der Waals surface area contributed by atoms with Crippen LogP contribution in [0.4, 0.5) is 0 Å². The van der Waals surface area contributed by atoms with E-state index in [4.69, 9.17) is 25.8 Å². The summed E-state index contributed by atoms with van der Waals surface area (Å²) < 4.78 is 16.4. The molecule has 1 atom stereocenters. The maximum atomic E-state index is 12.4. The number of rotatable bonds is 6. The summed E-state index contributed by atoms with van der Waals surface area (Å²) in [4.78, 5) is 17.0. The van der Waals surface area contributed by atoms with E-state index < -0.39 is 0 Å². The zero-order valence-electron chi connectivity index (χ0n) is 18.4. The number of pyridine rings is 1. The number of hydrogen-bond donors (Lipinski definition) is 0. The molecule has 0 bridgehead atoms. The van der Waals surface area contributed by atoms with Gasteiger partial charge in [-0.25, -0.2) is 9.99 Å². The lowest BCUT2D eigenvalue weighted by atomic mass is 9.97. The predicted molar refractivity (Wildman–Crippen MR) is 124 cm³/mol. The van der Waals surface area contributed by atoms with Crippen LogP contribution in [0.5, 0.6) is 17.2 Å². The summed E-state index contributed by atoms with van der Waals surface area (Å²) in [6, 6.07) is 12.8. The van der Waals surface area contributed by atoms with Gasteiger partial charge in [0.2, 0.25) is 5.91 Å². The first kappa shape index (κ1) is 21.9. The van der Waals surface area contributed by atoms with E-state index in [9.17, 15) is 4.79 Å². The van der Waals surface area contributed by atoms with Crippen LogP contribution in [0.25, 0.3) is 10.9 Å². The molecule has 0 fully saturated rings. The lowest BCUT2D eigenvalue weighted by Gasteiger charge is -2.21. The van der Waals surface area contributed by atoms with Gasteiger partial charge in [-0.15, -0.1) is 0 Å². The van der Waals surface area contributed by atoms with E-state index in [0.717, 1.165) is 33.5 Å². The fourth-order valence-corrected chi connectivity index (χ4v) is 4.14. The van der Waals surface area contributed by atoms with Gasteiger partial charge in [0.25, 0.3) is 0 Å². The van der Waals surface area contributed by atoms with Crippen LogP contribution >= 0.6 is 11.6 Å². The van der Waals surface area contributed by atoms with Crippen molar-refractivity contribution in [2.24, 2.45) is 5.10 Å². The number of nitrogens with zero attached hydrogens (tertiary/aromatic N) is 3. The van der Waals surface area contributed by atoms with E-state index in [-0.39, 0.29) is 11.9 Å². The van der Waals surface area contributed by atoms with E-state index in [0.29, 0.717) is 29.7 Å². The molecule has 1 aliphatic rings. The molecule has 1 aliphatic heterocycles. The Kier molecular flexibility index (Phi) is 6.19. The maximum absolute atomic E-state index is 12.4. The average Bonchev–Trinajstić information content (AvgIpc) is 3.23. The van der Waals surface area contributed by atoms with Crippen LogP contribution in [-0.2, 0) is 4.79 Å². The van der Waals surface area contributed by atoms with Crippen LogP contribution in [0.15, 0.2) is 47.6 Å². The van der Waals surface area contributed by atoms with Gasteiger partial charge in [-0.3, -0.25) is 4.79 Å². The molecule has 8 heteroatoms. The van der Waals surface area contributed by atoms with Crippen LogP contribution in [0.3, 0.4) is 0 Å². The van der Waals surface area contributed by atoms with Crippen molar-refractivity contribution >= 4 is 34.1 Å². The Morgan fingerprint density at radius 2 is 1.91 bits per heavy atom. The summed E-state index contributed by atoms with van der Waals surface area (Å²) in [5, 5.41) is 7.32. The summed E-state index contributed by atoms with van der Waals surface area (Å²) in [7, 11) is 3.19. The topological polar surface area (TPSA) is 73.2 Å². The number of fused-ring (bicyclic) bond motifs is 1. The second kappa shape index (κ2) is 9.04. The lowest BCUT2D eigenvalue weighted by molar-refractivity contribution is -0.130. The Morgan fingerprint density at radius 3 is 2.59 bits per heavy atom. The standard InChI is InChI=1S/C24H24ClN3O4/c1-5-32-17-7-6-15-10-19(24(25)26-20(15)11-17)22-13-21(27-28(22)14(2)29)18-9-8-16(30-3)12-23(18)31-4/h6-12,22H,5,13H2,1-4H3/t22-/m1/s1. The minimum atomic E-state index is -0.370. The van der Waals surface area contributed by atoms with Gasteiger partial charge in [-0.2, -0.15) is 5.10 Å². The van der Waals surface area contributed by atoms with Crippen molar-refractivity contribution in [3.05, 3.63) is 58.7 Å². The van der Waals surface area contributed by atoms with Crippen LogP contribution < -0.4 is 14.2 Å². The van der Waals surface area contributed by atoms with Crippen LogP contribution in [0, 0.1) is 0 Å². The molecule has 4 rings (SSSR count). The summed E-state index contributed by atoms with van der Waals surface area (Å²) >= 11 is 6.59. The quantitative estimate of drug-likeness (QED) is 0.491. The van der Waals surface area contributed by atoms with E-state index in [1.165, 1.54) is 11.9 Å². The first-order chi connectivity index (χ1) is 15.4. The third-order valence-electron chi connectivity index (χ3n) is 5.39. The fraction of sp³-hybridized carbons (Fsp3) is 0.292. The first-order valence-corrected chi connectivity index (χ1v) is 10.7. The number of aromatic nitrogens is 1. The molecule has 7 nitrogen and oxygen atoms in total. The van der Waals surface area contributed by atoms with Crippen LogP contribution in [-0.4, -0.2) is 42.4 Å². The molecule has 0 saturated heterocycles. The maximum Gasteiger partial charge on any atom is 0.240 e. The molecule has 0 saturated carbocycles. The van der Waals surface area contributed by atoms with Crippen molar-refractivity contribution in [1.29, 1.82) is 0 Å². The van der Waals surface area contributed by atoms with Gasteiger partial charge in [0.05, 0.1) is 38.1 Å². The predicted octanol–water partition coefficient (Wildman–Crippen LogP) is 5.00. The molecule has 0 aliphatic carbocycles. The number of hydrazone groups is 1. The molecular weight excluding hydrogens is 430 g/mol. The first-order valence-electron chi connectivity index (χ1n) is 10.3. The van der Waals surface area contributed by atoms with E-state index in [2.05, 4.69) is 10.1 Å². The number of carbonyl (C=O) groups excluding carboxylic acids is 1. The molecule has 3 aromatic rings. The van der Waals surface area contributed by atoms with Crippen molar-refractivity contribution in [2.75, 3.05) is 20.8 Å². The van der Waals surface area contributed by atoms with E-state index in [1.54, 1.807) is 20.3 Å². The number of halogens is 1. The Bertz CT molecular complexity index is 1210. The molecule has 166 valence electrons. The van der Waals surface area contributed by atoms with Gasteiger partial charge in [0, 0.05) is 42.0 Å². The van der Waals surface area contributed by atoms with Gasteiger partial charge < -0.3 is 14.2 Å². The highest BCUT2D eigenvalue weighted by Gasteiger charge is 2.34. The monoisotopic (exact) mass is 453 g/mol. The van der Waals surface area contributed by atoms with E-state index >= 15 is 0 Å². The molecule has 0 spiro atoms. The normalized spacial score (nSPS) is 15.6. The molecule has 32 heavy (non-hydrogen) atoms. The third kappa shape index (κ3) is 4.08. The van der Waals surface area contributed by atoms with Crippen molar-refractivity contribution in [3.63, 3.8) is 0 Å². The van der Waals surface area contributed by atoms with Crippen LogP contribution in [0.1, 0.15) is 37.4 Å². The molecule has 1 amide bonds. The number of methoxy groups -OCH3 is 2. The van der Waals surface area contributed by atoms with Crippen molar-refractivity contribution in [1.82, 2.24) is 9.99 Å². The number of ether oxygens (including phenoxy) is 3. The van der Waals surface area contributed by atoms with Gasteiger partial charge in [-0.05, 0) is 37.3 Å². The average molecular weight is 454 g/mol. The van der Waals surface area contributed by atoms with Crippen LogP contribution in [0.2, 0.25) is 5.15 Å². The van der Waals surface area contributed by atoms with Gasteiger partial charge in [-0.1, -0.05) is 11.6 Å². The number of amides is 1. The summed E-state index contributed by atoms with van der Waals surface area (Å²) in [6.07, 6.45) is 0.478. The van der Waals surface area contributed by atoms with Crippen molar-refractivity contribution in [2.45, 2.75) is 26.3 Å². The van der Waals surface area contributed by atoms with Crippen molar-refractivity contribution in [3.8, 4) is 17.2 Å². The van der Waals surface area contributed by atoms with E-state index in [1.807, 2.05) is 43.3 Å². The second-order valence-electron chi connectivity index (χ2n) is 7.35. The lowest BCUT2D eigenvalue weighted by Crippen LogP contribution is -2.24. The fourth-order valence-electron chi connectivity index (χ4n) is 3.87. The highest BCUT2D eigenvalue weighted by Crippen LogP contribution is 2.39. The molecule has 0 N–H and O–H groups in total. The largest absolute Gasteiger partial charge is 0.497 e. The Balaban J connectivity index is 1.73. The third-order valence-corrected chi connectivity index (χ3v) is 5.70. The van der Waals surface area contributed by atoms with Gasteiger partial charge >= 0.3 is 0 Å². The summed E-state index contributed by atoms with van der Waals surface area (Å²) in [5.74, 6) is 1.86. The number of carbonyl (C=O) groups is 1. The molecular formula is C24H24ClN3O4. The highest BCUT2D eigenvalue weighted by molar-refractivity contribution is 6.30. The smallest absolute Gasteiger partial charge is 0.240 e. The molecule has 0 radical (unpaired) electrons. The summed E-state index contributed by atoms with van der Waals surface area (Å²) in [5.41, 5.74) is 3.00.